The minimum atomic E-state index is -0.250. The highest BCUT2D eigenvalue weighted by atomic mass is 32.1. The van der Waals surface area contributed by atoms with E-state index in [0.717, 1.165) is 35.4 Å². The molecular weight excluding hydrogens is 428 g/mol. The van der Waals surface area contributed by atoms with Crippen LogP contribution in [0.15, 0.2) is 18.2 Å². The van der Waals surface area contributed by atoms with E-state index in [1.165, 1.54) is 37.5 Å². The van der Waals surface area contributed by atoms with Crippen LogP contribution < -0.4 is 5.32 Å². The van der Waals surface area contributed by atoms with E-state index in [4.69, 9.17) is 9.90 Å². The number of ketones is 1. The molecule has 0 saturated carbocycles. The van der Waals surface area contributed by atoms with Crippen LogP contribution in [0.25, 0.3) is 10.1 Å². The lowest BCUT2D eigenvalue weighted by Crippen LogP contribution is -2.47. The van der Waals surface area contributed by atoms with Gasteiger partial charge in [0.05, 0.1) is 11.2 Å². The van der Waals surface area contributed by atoms with Crippen LogP contribution in [0.1, 0.15) is 43.6 Å². The molecule has 0 aliphatic carbocycles. The normalized spacial score (nSPS) is 21.5. The zero-order chi connectivity index (χ0) is 23.1. The monoisotopic (exact) mass is 460 g/mol. The Morgan fingerprint density at radius 1 is 1.28 bits per heavy atom. The van der Waals surface area contributed by atoms with Crippen LogP contribution in [-0.2, 0) is 9.59 Å². The molecule has 8 nitrogen and oxygen atoms in total. The summed E-state index contributed by atoms with van der Waals surface area (Å²) < 4.78 is 5.48. The summed E-state index contributed by atoms with van der Waals surface area (Å²) in [6.45, 7) is 8.89. The van der Waals surface area contributed by atoms with Gasteiger partial charge in [-0.05, 0) is 81.3 Å². The first-order chi connectivity index (χ1) is 15.5. The van der Waals surface area contributed by atoms with Crippen molar-refractivity contribution in [3.63, 3.8) is 0 Å². The molecule has 2 N–H and O–H groups in total. The lowest BCUT2D eigenvalue weighted by Gasteiger charge is -2.44. The zero-order valence-corrected chi connectivity index (χ0v) is 19.6. The van der Waals surface area contributed by atoms with Gasteiger partial charge in [-0.3, -0.25) is 14.4 Å². The maximum absolute atomic E-state index is 13.0. The van der Waals surface area contributed by atoms with Crippen LogP contribution in [0.4, 0.5) is 5.69 Å². The number of aromatic nitrogens is 1. The van der Waals surface area contributed by atoms with Gasteiger partial charge in [0.15, 0.2) is 5.78 Å². The second-order valence-electron chi connectivity index (χ2n) is 8.29. The van der Waals surface area contributed by atoms with Crippen molar-refractivity contribution in [1.29, 1.82) is 0 Å². The van der Waals surface area contributed by atoms with Crippen LogP contribution >= 0.6 is 11.5 Å². The van der Waals surface area contributed by atoms with Gasteiger partial charge in [-0.2, -0.15) is 4.37 Å². The predicted octanol–water partition coefficient (Wildman–Crippen LogP) is 3.19. The van der Waals surface area contributed by atoms with Gasteiger partial charge >= 0.3 is 0 Å². The Labute approximate surface area is 192 Å². The zero-order valence-electron chi connectivity index (χ0n) is 18.7. The van der Waals surface area contributed by atoms with Crippen molar-refractivity contribution in [3.8, 4) is 0 Å². The number of piperidine rings is 3. The first-order valence-corrected chi connectivity index (χ1v) is 12.0. The van der Waals surface area contributed by atoms with Gasteiger partial charge in [-0.15, -0.1) is 0 Å². The summed E-state index contributed by atoms with van der Waals surface area (Å²) in [5.74, 6) is 1.45. The number of carbonyl (C=O) groups excluding carboxylic acids is 2. The first kappa shape index (κ1) is 24.1. The van der Waals surface area contributed by atoms with Gasteiger partial charge in [-0.25, -0.2) is 0 Å². The minimum absolute atomic E-state index is 0.0905. The maximum atomic E-state index is 13.0. The summed E-state index contributed by atoms with van der Waals surface area (Å²) in [5, 5.41) is 11.0. The van der Waals surface area contributed by atoms with Crippen molar-refractivity contribution in [2.45, 2.75) is 33.1 Å². The average Bonchev–Trinajstić information content (AvgIpc) is 3.23. The third-order valence-electron chi connectivity index (χ3n) is 6.54. The highest BCUT2D eigenvalue weighted by Crippen LogP contribution is 2.36. The van der Waals surface area contributed by atoms with E-state index in [2.05, 4.69) is 14.6 Å². The number of carbonyl (C=O) groups is 3. The standard InChI is InChI=1S/C22H30N4O2S.CH2O2/c1-3-26(4-2)21(28)13-23-17-5-6-18-20(12-17)29-24-22(18)19(27)11-16-14-25-9-7-15(16)8-10-25;2-1-3/h5-6,12,15-16,23H,3-4,7-11,13-14H2,1-2H3;1H,(H,2,3)/t16-;/m1./s1. The van der Waals surface area contributed by atoms with E-state index < -0.39 is 0 Å². The van der Waals surface area contributed by atoms with E-state index in [1.54, 1.807) is 0 Å². The highest BCUT2D eigenvalue weighted by molar-refractivity contribution is 7.13. The molecule has 2 aromatic rings. The fourth-order valence-electron chi connectivity index (χ4n) is 4.77. The Hall–Kier alpha value is -2.52. The van der Waals surface area contributed by atoms with Crippen molar-refractivity contribution < 1.29 is 19.5 Å². The number of nitrogens with zero attached hydrogens (tertiary/aromatic N) is 3. The number of benzene rings is 1. The molecule has 9 heteroatoms. The Kier molecular flexibility index (Phi) is 8.58. The molecule has 0 unspecified atom stereocenters. The number of rotatable bonds is 8. The molecule has 0 radical (unpaired) electrons. The molecular formula is C23H32N4O4S. The van der Waals surface area contributed by atoms with Crippen LogP contribution in [0, 0.1) is 11.8 Å². The number of hydrogen-bond acceptors (Lipinski definition) is 7. The largest absolute Gasteiger partial charge is 0.483 e. The second kappa shape index (κ2) is 11.4. The molecule has 3 aliphatic rings. The molecule has 5 rings (SSSR count). The Morgan fingerprint density at radius 3 is 2.56 bits per heavy atom. The Bertz CT molecular complexity index is 935. The topological polar surface area (TPSA) is 103 Å². The lowest BCUT2D eigenvalue weighted by molar-refractivity contribution is -0.129. The summed E-state index contributed by atoms with van der Waals surface area (Å²) >= 11 is 1.37. The molecule has 1 amide bonds. The molecule has 32 heavy (non-hydrogen) atoms. The molecule has 4 heterocycles. The summed E-state index contributed by atoms with van der Waals surface area (Å²) in [6, 6.07) is 5.90. The predicted molar refractivity (Wildman–Crippen MR) is 126 cm³/mol. The van der Waals surface area contributed by atoms with Crippen molar-refractivity contribution in [3.05, 3.63) is 23.9 Å². The average molecular weight is 461 g/mol. The van der Waals surface area contributed by atoms with Gasteiger partial charge < -0.3 is 20.2 Å². The second-order valence-corrected chi connectivity index (χ2v) is 9.10. The number of fused-ring (bicyclic) bond motifs is 4. The van der Waals surface area contributed by atoms with Crippen LogP contribution in [0.3, 0.4) is 0 Å². The van der Waals surface area contributed by atoms with E-state index >= 15 is 0 Å². The number of carboxylic acid groups (broad SMARTS) is 1. The quantitative estimate of drug-likeness (QED) is 0.461. The molecule has 1 atom stereocenters. The smallest absolute Gasteiger partial charge is 0.290 e. The van der Waals surface area contributed by atoms with Crippen molar-refractivity contribution >= 4 is 45.5 Å². The van der Waals surface area contributed by atoms with Crippen molar-refractivity contribution in [1.82, 2.24) is 14.2 Å². The number of amides is 1. The molecule has 2 bridgehead atoms. The minimum Gasteiger partial charge on any atom is -0.483 e. The fraction of sp³-hybridized carbons (Fsp3) is 0.565. The molecule has 1 aromatic heterocycles. The van der Waals surface area contributed by atoms with E-state index in [1.807, 2.05) is 36.9 Å². The molecule has 3 aliphatic heterocycles. The van der Waals surface area contributed by atoms with E-state index in [9.17, 15) is 9.59 Å². The maximum Gasteiger partial charge on any atom is 0.290 e. The summed E-state index contributed by atoms with van der Waals surface area (Å²) in [7, 11) is 0. The van der Waals surface area contributed by atoms with Crippen molar-refractivity contribution in [2.75, 3.05) is 44.6 Å². The van der Waals surface area contributed by atoms with E-state index in [-0.39, 0.29) is 24.7 Å². The molecule has 3 fully saturated rings. The Morgan fingerprint density at radius 2 is 1.97 bits per heavy atom. The Balaban J connectivity index is 0.000000913. The third kappa shape index (κ3) is 5.63. The lowest BCUT2D eigenvalue weighted by atomic mass is 9.76. The summed E-state index contributed by atoms with van der Waals surface area (Å²) in [4.78, 5) is 37.8. The molecule has 1 aromatic carbocycles. The molecule has 3 saturated heterocycles. The van der Waals surface area contributed by atoms with Crippen LogP contribution in [-0.4, -0.2) is 76.7 Å². The number of nitrogens with one attached hydrogen (secondary N) is 1. The SMILES string of the molecule is CCN(CC)C(=O)CNc1ccc2c(C(=O)C[C@@H]3CN4CCC3CC4)nsc2c1.O=CO. The van der Waals surface area contributed by atoms with Crippen LogP contribution in [0.2, 0.25) is 0 Å². The van der Waals surface area contributed by atoms with Gasteiger partial charge in [0, 0.05) is 37.1 Å². The molecule has 174 valence electrons. The van der Waals surface area contributed by atoms with Crippen molar-refractivity contribution in [2.24, 2.45) is 11.8 Å². The van der Waals surface area contributed by atoms with Crippen LogP contribution in [0.5, 0.6) is 0 Å². The number of likely N-dealkylation sites (N-methyl/N-ethyl adjacent to an activating group) is 1. The summed E-state index contributed by atoms with van der Waals surface area (Å²) in [6.07, 6.45) is 3.08. The summed E-state index contributed by atoms with van der Waals surface area (Å²) in [5.41, 5.74) is 1.50. The number of anilines is 1. The fourth-order valence-corrected chi connectivity index (χ4v) is 5.60. The molecule has 0 spiro atoms. The third-order valence-corrected chi connectivity index (χ3v) is 7.34. The highest BCUT2D eigenvalue weighted by Gasteiger charge is 2.35. The first-order valence-electron chi connectivity index (χ1n) is 11.2. The van der Waals surface area contributed by atoms with Gasteiger partial charge in [0.2, 0.25) is 5.91 Å². The van der Waals surface area contributed by atoms with Gasteiger partial charge in [0.25, 0.3) is 6.47 Å². The van der Waals surface area contributed by atoms with Gasteiger partial charge in [0.1, 0.15) is 5.69 Å². The number of hydrogen-bond donors (Lipinski definition) is 2. The van der Waals surface area contributed by atoms with Gasteiger partial charge in [-0.1, -0.05) is 0 Å². The van der Waals surface area contributed by atoms with E-state index in [0.29, 0.717) is 24.0 Å². The number of Topliss-reactive ketones (excluding diaryl/α,β-unsaturated/α-hetero) is 1.